The Balaban J connectivity index is 1.97. The van der Waals surface area contributed by atoms with Gasteiger partial charge in [0.1, 0.15) is 0 Å². The molecule has 0 aromatic heterocycles. The summed E-state index contributed by atoms with van der Waals surface area (Å²) in [6.45, 7) is 7.82. The highest BCUT2D eigenvalue weighted by Gasteiger charge is 2.23. The summed E-state index contributed by atoms with van der Waals surface area (Å²) in [6.07, 6.45) is 4.61. The summed E-state index contributed by atoms with van der Waals surface area (Å²) < 4.78 is 0. The van der Waals surface area contributed by atoms with Crippen LogP contribution in [-0.2, 0) is 19.4 Å². The molecule has 2 nitrogen and oxygen atoms in total. The molecule has 1 aliphatic rings. The molecule has 2 heteroatoms. The number of aliphatic hydroxyl groups excluding tert-OH is 1. The molecule has 0 bridgehead atoms. The quantitative estimate of drug-likeness (QED) is 0.854. The highest BCUT2D eigenvalue weighted by molar-refractivity contribution is 5.35. The van der Waals surface area contributed by atoms with Gasteiger partial charge >= 0.3 is 0 Å². The predicted octanol–water partition coefficient (Wildman–Crippen LogP) is 3.06. The molecule has 0 saturated heterocycles. The van der Waals surface area contributed by atoms with Gasteiger partial charge in [0.2, 0.25) is 0 Å². The Morgan fingerprint density at radius 3 is 2.63 bits per heavy atom. The Bertz CT molecular complexity index is 420. The predicted molar refractivity (Wildman–Crippen MR) is 80.3 cm³/mol. The van der Waals surface area contributed by atoms with Gasteiger partial charge in [0.15, 0.2) is 0 Å². The van der Waals surface area contributed by atoms with Crippen LogP contribution >= 0.6 is 0 Å². The van der Waals surface area contributed by atoms with Gasteiger partial charge in [0, 0.05) is 19.2 Å². The second kappa shape index (κ2) is 6.06. The van der Waals surface area contributed by atoms with E-state index in [-0.39, 0.29) is 12.0 Å². The fourth-order valence-electron chi connectivity index (χ4n) is 2.95. The molecule has 2 N–H and O–H groups in total. The van der Waals surface area contributed by atoms with Crippen LogP contribution in [-0.4, -0.2) is 17.8 Å². The lowest BCUT2D eigenvalue weighted by molar-refractivity contribution is 0.196. The Morgan fingerprint density at radius 1 is 1.21 bits per heavy atom. The molecule has 1 aromatic rings. The van der Waals surface area contributed by atoms with Crippen LogP contribution in [0.2, 0.25) is 0 Å². The van der Waals surface area contributed by atoms with E-state index in [1.807, 2.05) is 0 Å². The molecule has 1 aliphatic carbocycles. The van der Waals surface area contributed by atoms with Crippen molar-refractivity contribution >= 4 is 0 Å². The SMILES string of the molecule is CC(C)(C)C(CCO)NCc1ccc2c(c1)CCC2. The standard InChI is InChI=1S/C17H27NO/c1-17(2,3)16(9-10-19)18-12-13-7-8-14-5-4-6-15(14)11-13/h7-8,11,16,18-19H,4-6,9-10,12H2,1-3H3. The van der Waals surface area contributed by atoms with E-state index in [1.165, 1.54) is 36.0 Å². The molecule has 0 fully saturated rings. The van der Waals surface area contributed by atoms with Crippen molar-refractivity contribution in [1.82, 2.24) is 5.32 Å². The molecule has 0 radical (unpaired) electrons. The molecule has 106 valence electrons. The van der Waals surface area contributed by atoms with Crippen LogP contribution in [0.3, 0.4) is 0 Å². The van der Waals surface area contributed by atoms with Crippen LogP contribution in [0, 0.1) is 5.41 Å². The zero-order valence-corrected chi connectivity index (χ0v) is 12.5. The number of rotatable bonds is 5. The van der Waals surface area contributed by atoms with Crippen LogP contribution in [0.5, 0.6) is 0 Å². The smallest absolute Gasteiger partial charge is 0.0446 e. The number of aliphatic hydroxyl groups is 1. The third-order valence-corrected chi connectivity index (χ3v) is 4.18. The van der Waals surface area contributed by atoms with E-state index in [0.717, 1.165) is 13.0 Å². The summed E-state index contributed by atoms with van der Waals surface area (Å²) in [7, 11) is 0. The van der Waals surface area contributed by atoms with E-state index in [0.29, 0.717) is 6.04 Å². The zero-order chi connectivity index (χ0) is 13.9. The number of fused-ring (bicyclic) bond motifs is 1. The van der Waals surface area contributed by atoms with Crippen molar-refractivity contribution in [3.05, 3.63) is 34.9 Å². The van der Waals surface area contributed by atoms with Gasteiger partial charge in [0.25, 0.3) is 0 Å². The van der Waals surface area contributed by atoms with Gasteiger partial charge in [-0.15, -0.1) is 0 Å². The molecule has 0 aliphatic heterocycles. The minimum absolute atomic E-state index is 0.180. The van der Waals surface area contributed by atoms with Crippen molar-refractivity contribution in [3.8, 4) is 0 Å². The third-order valence-electron chi connectivity index (χ3n) is 4.18. The van der Waals surface area contributed by atoms with Crippen LogP contribution in [0.1, 0.15) is 50.3 Å². The minimum atomic E-state index is 0.180. The average Bonchev–Trinajstić information content (AvgIpc) is 2.80. The largest absolute Gasteiger partial charge is 0.396 e. The second-order valence-corrected chi connectivity index (χ2v) is 6.77. The Morgan fingerprint density at radius 2 is 1.95 bits per heavy atom. The normalized spacial score (nSPS) is 16.4. The fourth-order valence-corrected chi connectivity index (χ4v) is 2.95. The van der Waals surface area contributed by atoms with Gasteiger partial charge in [-0.2, -0.15) is 0 Å². The number of aryl methyl sites for hydroxylation is 2. The van der Waals surface area contributed by atoms with Gasteiger partial charge in [-0.3, -0.25) is 0 Å². The number of benzene rings is 1. The summed E-state index contributed by atoms with van der Waals surface area (Å²) in [5.74, 6) is 0. The molecule has 0 saturated carbocycles. The minimum Gasteiger partial charge on any atom is -0.396 e. The van der Waals surface area contributed by atoms with Gasteiger partial charge < -0.3 is 10.4 Å². The van der Waals surface area contributed by atoms with E-state index < -0.39 is 0 Å². The van der Waals surface area contributed by atoms with E-state index in [2.05, 4.69) is 44.3 Å². The molecule has 0 spiro atoms. The molecular formula is C17H27NO. The third kappa shape index (κ3) is 3.80. The lowest BCUT2D eigenvalue weighted by Crippen LogP contribution is -2.40. The van der Waals surface area contributed by atoms with Gasteiger partial charge in [0.05, 0.1) is 0 Å². The highest BCUT2D eigenvalue weighted by Crippen LogP contribution is 2.24. The van der Waals surface area contributed by atoms with Gasteiger partial charge in [-0.25, -0.2) is 0 Å². The molecule has 2 rings (SSSR count). The topological polar surface area (TPSA) is 32.3 Å². The maximum Gasteiger partial charge on any atom is 0.0446 e. The van der Waals surface area contributed by atoms with E-state index >= 15 is 0 Å². The summed E-state index contributed by atoms with van der Waals surface area (Å²) in [4.78, 5) is 0. The molecule has 0 heterocycles. The first-order valence-corrected chi connectivity index (χ1v) is 7.45. The van der Waals surface area contributed by atoms with Crippen LogP contribution < -0.4 is 5.32 Å². The monoisotopic (exact) mass is 261 g/mol. The fraction of sp³-hybridized carbons (Fsp3) is 0.647. The number of hydrogen-bond acceptors (Lipinski definition) is 2. The van der Waals surface area contributed by atoms with Crippen molar-refractivity contribution in [3.63, 3.8) is 0 Å². The maximum absolute atomic E-state index is 9.18. The van der Waals surface area contributed by atoms with Crippen molar-refractivity contribution in [2.75, 3.05) is 6.61 Å². The van der Waals surface area contributed by atoms with E-state index in [9.17, 15) is 5.11 Å². The lowest BCUT2D eigenvalue weighted by Gasteiger charge is -2.31. The molecule has 0 amide bonds. The van der Waals surface area contributed by atoms with Crippen molar-refractivity contribution in [2.45, 2.75) is 59.0 Å². The maximum atomic E-state index is 9.18. The second-order valence-electron chi connectivity index (χ2n) is 6.77. The van der Waals surface area contributed by atoms with Crippen LogP contribution in [0.25, 0.3) is 0 Å². The Kier molecular flexibility index (Phi) is 4.64. The molecule has 1 unspecified atom stereocenters. The molecular weight excluding hydrogens is 234 g/mol. The van der Waals surface area contributed by atoms with E-state index in [1.54, 1.807) is 0 Å². The van der Waals surface area contributed by atoms with Crippen molar-refractivity contribution < 1.29 is 5.11 Å². The first kappa shape index (κ1) is 14.5. The van der Waals surface area contributed by atoms with Gasteiger partial charge in [-0.1, -0.05) is 39.0 Å². The van der Waals surface area contributed by atoms with Crippen LogP contribution in [0.15, 0.2) is 18.2 Å². The molecule has 19 heavy (non-hydrogen) atoms. The average molecular weight is 261 g/mol. The van der Waals surface area contributed by atoms with Gasteiger partial charge in [-0.05, 0) is 47.8 Å². The lowest BCUT2D eigenvalue weighted by atomic mass is 9.85. The summed E-state index contributed by atoms with van der Waals surface area (Å²) in [6, 6.07) is 7.24. The Labute approximate surface area is 117 Å². The van der Waals surface area contributed by atoms with Crippen molar-refractivity contribution in [2.24, 2.45) is 5.41 Å². The Hall–Kier alpha value is -0.860. The number of hydrogen-bond donors (Lipinski definition) is 2. The van der Waals surface area contributed by atoms with Crippen LogP contribution in [0.4, 0.5) is 0 Å². The number of nitrogens with one attached hydrogen (secondary N) is 1. The summed E-state index contributed by atoms with van der Waals surface area (Å²) in [5, 5.41) is 12.8. The first-order valence-electron chi connectivity index (χ1n) is 7.45. The van der Waals surface area contributed by atoms with Crippen molar-refractivity contribution in [1.29, 1.82) is 0 Å². The van der Waals surface area contributed by atoms with E-state index in [4.69, 9.17) is 0 Å². The first-order chi connectivity index (χ1) is 9.00. The highest BCUT2D eigenvalue weighted by atomic mass is 16.3. The summed E-state index contributed by atoms with van der Waals surface area (Å²) in [5.41, 5.74) is 4.62. The molecule has 1 aromatic carbocycles. The summed E-state index contributed by atoms with van der Waals surface area (Å²) >= 11 is 0. The zero-order valence-electron chi connectivity index (χ0n) is 12.5. The molecule has 1 atom stereocenters.